The summed E-state index contributed by atoms with van der Waals surface area (Å²) in [5.41, 5.74) is 4.77. The zero-order chi connectivity index (χ0) is 20.6. The van der Waals surface area contributed by atoms with Gasteiger partial charge in [0.1, 0.15) is 0 Å². The molecule has 5 heteroatoms. The van der Waals surface area contributed by atoms with Crippen molar-refractivity contribution in [3.05, 3.63) is 82.0 Å². The van der Waals surface area contributed by atoms with Crippen LogP contribution in [0, 0.1) is 0 Å². The molecular weight excluding hydrogens is 392 g/mol. The highest BCUT2D eigenvalue weighted by atomic mass is 32.1. The number of rotatable bonds is 9. The molecule has 0 radical (unpaired) electrons. The zero-order valence-electron chi connectivity index (χ0n) is 17.2. The number of carbonyl (C=O) groups is 1. The molecule has 0 saturated carbocycles. The van der Waals surface area contributed by atoms with Gasteiger partial charge in [0.15, 0.2) is 0 Å². The van der Waals surface area contributed by atoms with Crippen molar-refractivity contribution in [2.45, 2.75) is 32.2 Å². The SMILES string of the molecule is O=C(CCCOCCc1ccccc1)Nc1ccc(N2CCc3sccc3C2)cc1. The van der Waals surface area contributed by atoms with E-state index < -0.39 is 0 Å². The summed E-state index contributed by atoms with van der Waals surface area (Å²) in [5, 5.41) is 5.17. The van der Waals surface area contributed by atoms with E-state index in [4.69, 9.17) is 4.74 Å². The quantitative estimate of drug-likeness (QED) is 0.478. The Balaban J connectivity index is 1.14. The first-order valence-corrected chi connectivity index (χ1v) is 11.5. The maximum absolute atomic E-state index is 12.2. The summed E-state index contributed by atoms with van der Waals surface area (Å²) >= 11 is 1.86. The Bertz CT molecular complexity index is 937. The molecule has 0 saturated heterocycles. The van der Waals surface area contributed by atoms with Crippen LogP contribution < -0.4 is 10.2 Å². The van der Waals surface area contributed by atoms with Crippen LogP contribution in [-0.4, -0.2) is 25.7 Å². The molecule has 0 spiro atoms. The van der Waals surface area contributed by atoms with Crippen molar-refractivity contribution in [3.8, 4) is 0 Å². The highest BCUT2D eigenvalue weighted by Gasteiger charge is 2.17. The normalized spacial score (nSPS) is 13.1. The van der Waals surface area contributed by atoms with Crippen molar-refractivity contribution in [3.63, 3.8) is 0 Å². The summed E-state index contributed by atoms with van der Waals surface area (Å²) < 4.78 is 5.66. The Morgan fingerprint density at radius 1 is 1.03 bits per heavy atom. The minimum Gasteiger partial charge on any atom is -0.381 e. The molecule has 30 heavy (non-hydrogen) atoms. The number of amides is 1. The van der Waals surface area contributed by atoms with Crippen molar-refractivity contribution in [2.75, 3.05) is 30.0 Å². The average molecular weight is 421 g/mol. The number of hydrogen-bond donors (Lipinski definition) is 1. The zero-order valence-corrected chi connectivity index (χ0v) is 18.0. The van der Waals surface area contributed by atoms with E-state index in [9.17, 15) is 4.79 Å². The van der Waals surface area contributed by atoms with Crippen molar-refractivity contribution in [1.82, 2.24) is 0 Å². The van der Waals surface area contributed by atoms with E-state index in [0.29, 0.717) is 19.6 Å². The molecule has 0 fully saturated rings. The summed E-state index contributed by atoms with van der Waals surface area (Å²) in [7, 11) is 0. The van der Waals surface area contributed by atoms with E-state index in [1.54, 1.807) is 0 Å². The molecule has 1 aromatic heterocycles. The van der Waals surface area contributed by atoms with Crippen molar-refractivity contribution < 1.29 is 9.53 Å². The first kappa shape index (κ1) is 20.6. The van der Waals surface area contributed by atoms with Gasteiger partial charge in [0.05, 0.1) is 6.61 Å². The van der Waals surface area contributed by atoms with Crippen LogP contribution in [0.1, 0.15) is 28.8 Å². The van der Waals surface area contributed by atoms with Gasteiger partial charge in [0.2, 0.25) is 5.91 Å². The molecule has 0 atom stereocenters. The largest absolute Gasteiger partial charge is 0.381 e. The number of carbonyl (C=O) groups excluding carboxylic acids is 1. The summed E-state index contributed by atoms with van der Waals surface area (Å²) in [5.74, 6) is 0.0373. The number of nitrogens with one attached hydrogen (secondary N) is 1. The summed E-state index contributed by atoms with van der Waals surface area (Å²) in [6.07, 6.45) is 3.22. The third-order valence-corrected chi connectivity index (χ3v) is 6.42. The highest BCUT2D eigenvalue weighted by molar-refractivity contribution is 7.10. The van der Waals surface area contributed by atoms with Gasteiger partial charge < -0.3 is 15.0 Å². The molecule has 1 amide bonds. The first-order chi connectivity index (χ1) is 14.8. The molecule has 4 nitrogen and oxygen atoms in total. The maximum Gasteiger partial charge on any atom is 0.224 e. The molecule has 0 unspecified atom stereocenters. The standard InChI is InChI=1S/C25H28N2O2S/c28-25(7-4-16-29-17-13-20-5-2-1-3-6-20)26-22-8-10-23(11-9-22)27-15-12-24-21(19-27)14-18-30-24/h1-3,5-6,8-11,14,18H,4,7,12-13,15-17,19H2,(H,26,28). The van der Waals surface area contributed by atoms with Crippen LogP contribution in [0.25, 0.3) is 0 Å². The van der Waals surface area contributed by atoms with E-state index in [0.717, 1.165) is 38.0 Å². The molecule has 4 rings (SSSR count). The molecule has 2 aromatic carbocycles. The van der Waals surface area contributed by atoms with Crippen LogP contribution in [0.5, 0.6) is 0 Å². The van der Waals surface area contributed by atoms with Gasteiger partial charge >= 0.3 is 0 Å². The van der Waals surface area contributed by atoms with E-state index in [2.05, 4.69) is 45.9 Å². The van der Waals surface area contributed by atoms with Crippen molar-refractivity contribution >= 4 is 28.6 Å². The third kappa shape index (κ3) is 5.71. The predicted octanol–water partition coefficient (Wildman–Crippen LogP) is 5.29. The van der Waals surface area contributed by atoms with Gasteiger partial charge in [0.25, 0.3) is 0 Å². The number of hydrogen-bond acceptors (Lipinski definition) is 4. The van der Waals surface area contributed by atoms with Gasteiger partial charge in [-0.1, -0.05) is 30.3 Å². The van der Waals surface area contributed by atoms with Gasteiger partial charge in [-0.25, -0.2) is 0 Å². The highest BCUT2D eigenvalue weighted by Crippen LogP contribution is 2.28. The summed E-state index contributed by atoms with van der Waals surface area (Å²) in [6, 6.07) is 20.7. The fourth-order valence-corrected chi connectivity index (χ4v) is 4.61. The third-order valence-electron chi connectivity index (χ3n) is 5.39. The van der Waals surface area contributed by atoms with Crippen molar-refractivity contribution in [1.29, 1.82) is 0 Å². The minimum atomic E-state index is 0.0373. The van der Waals surface area contributed by atoms with Crippen LogP contribution in [0.3, 0.4) is 0 Å². The Kier molecular flexibility index (Phi) is 7.16. The molecule has 2 heterocycles. The Morgan fingerprint density at radius 3 is 2.70 bits per heavy atom. The topological polar surface area (TPSA) is 41.6 Å². The Labute approximate surface area is 182 Å². The maximum atomic E-state index is 12.2. The lowest BCUT2D eigenvalue weighted by Crippen LogP contribution is -2.29. The monoisotopic (exact) mass is 420 g/mol. The molecule has 1 aliphatic heterocycles. The first-order valence-electron chi connectivity index (χ1n) is 10.6. The second kappa shape index (κ2) is 10.4. The van der Waals surface area contributed by atoms with Crippen LogP contribution in [-0.2, 0) is 28.9 Å². The van der Waals surface area contributed by atoms with E-state index in [1.807, 2.05) is 41.7 Å². The van der Waals surface area contributed by atoms with Crippen LogP contribution in [0.4, 0.5) is 11.4 Å². The van der Waals surface area contributed by atoms with Gasteiger partial charge in [-0.3, -0.25) is 4.79 Å². The molecule has 156 valence electrons. The van der Waals surface area contributed by atoms with Gasteiger partial charge in [-0.15, -0.1) is 11.3 Å². The lowest BCUT2D eigenvalue weighted by Gasteiger charge is -2.29. The van der Waals surface area contributed by atoms with E-state index >= 15 is 0 Å². The fraction of sp³-hybridized carbons (Fsp3) is 0.320. The lowest BCUT2D eigenvalue weighted by atomic mass is 10.1. The number of ether oxygens (including phenoxy) is 1. The molecule has 0 aliphatic carbocycles. The molecule has 1 aliphatic rings. The van der Waals surface area contributed by atoms with Crippen LogP contribution in [0.15, 0.2) is 66.0 Å². The van der Waals surface area contributed by atoms with Crippen LogP contribution in [0.2, 0.25) is 0 Å². The summed E-state index contributed by atoms with van der Waals surface area (Å²) in [6.45, 7) is 3.31. The fourth-order valence-electron chi connectivity index (χ4n) is 3.72. The predicted molar refractivity (Wildman–Crippen MR) is 124 cm³/mol. The van der Waals surface area contributed by atoms with E-state index in [-0.39, 0.29) is 5.91 Å². The number of thiophene rings is 1. The van der Waals surface area contributed by atoms with Gasteiger partial charge in [-0.05, 0) is 66.1 Å². The Hall–Kier alpha value is -2.63. The minimum absolute atomic E-state index is 0.0373. The number of fused-ring (bicyclic) bond motifs is 1. The number of anilines is 2. The molecule has 1 N–H and O–H groups in total. The smallest absolute Gasteiger partial charge is 0.224 e. The van der Waals surface area contributed by atoms with Crippen LogP contribution >= 0.6 is 11.3 Å². The Morgan fingerprint density at radius 2 is 1.87 bits per heavy atom. The van der Waals surface area contributed by atoms with E-state index in [1.165, 1.54) is 21.7 Å². The molecule has 3 aromatic rings. The second-order valence-electron chi connectivity index (χ2n) is 7.59. The lowest BCUT2D eigenvalue weighted by molar-refractivity contribution is -0.116. The van der Waals surface area contributed by atoms with Crippen molar-refractivity contribution in [2.24, 2.45) is 0 Å². The van der Waals surface area contributed by atoms with Gasteiger partial charge in [0, 0.05) is 42.4 Å². The number of nitrogens with zero attached hydrogens (tertiary/aromatic N) is 1. The molecule has 0 bridgehead atoms. The average Bonchev–Trinajstić information content (AvgIpc) is 3.25. The molecular formula is C25H28N2O2S. The summed E-state index contributed by atoms with van der Waals surface area (Å²) in [4.78, 5) is 16.1. The van der Waals surface area contributed by atoms with Gasteiger partial charge in [-0.2, -0.15) is 0 Å². The number of benzene rings is 2. The second-order valence-corrected chi connectivity index (χ2v) is 8.59.